The number of aliphatic hydroxyl groups is 1. The second kappa shape index (κ2) is 9.32. The topological polar surface area (TPSA) is 29.5 Å². The molecule has 2 atom stereocenters. The molecule has 114 valence electrons. The molecule has 4 heteroatoms. The molecule has 0 bridgehead atoms. The van der Waals surface area contributed by atoms with Gasteiger partial charge in [0.2, 0.25) is 0 Å². The van der Waals surface area contributed by atoms with E-state index in [0.29, 0.717) is 5.56 Å². The molecule has 0 radical (unpaired) electrons. The largest absolute Gasteiger partial charge is 0.394 e. The maximum absolute atomic E-state index is 14.2. The van der Waals surface area contributed by atoms with Crippen LogP contribution in [0.4, 0.5) is 4.39 Å². The van der Waals surface area contributed by atoms with Crippen molar-refractivity contribution in [2.45, 2.75) is 45.6 Å². The van der Waals surface area contributed by atoms with Crippen molar-refractivity contribution < 1.29 is 14.2 Å². The molecule has 1 N–H and O–H groups in total. The van der Waals surface area contributed by atoms with Gasteiger partial charge in [0, 0.05) is 5.56 Å². The van der Waals surface area contributed by atoms with E-state index in [1.54, 1.807) is 12.1 Å². The molecule has 0 saturated heterocycles. The fourth-order valence-electron chi connectivity index (χ4n) is 2.44. The van der Waals surface area contributed by atoms with Gasteiger partial charge in [0.1, 0.15) is 5.82 Å². The van der Waals surface area contributed by atoms with Crippen molar-refractivity contribution in [2.75, 3.05) is 13.2 Å². The summed E-state index contributed by atoms with van der Waals surface area (Å²) in [6.07, 6.45) is 3.72. The molecule has 1 rings (SSSR count). The molecule has 0 amide bonds. The second-order valence-corrected chi connectivity index (χ2v) is 5.38. The number of hydrogen-bond acceptors (Lipinski definition) is 2. The van der Waals surface area contributed by atoms with Gasteiger partial charge in [-0.25, -0.2) is 4.39 Å². The first kappa shape index (κ1) is 17.4. The van der Waals surface area contributed by atoms with E-state index in [-0.39, 0.29) is 30.3 Å². The van der Waals surface area contributed by atoms with Gasteiger partial charge in [-0.3, -0.25) is 0 Å². The first-order valence-electron chi connectivity index (χ1n) is 7.32. The second-order valence-electron chi connectivity index (χ2n) is 4.97. The third-order valence-electron chi connectivity index (χ3n) is 3.56. The van der Waals surface area contributed by atoms with Gasteiger partial charge in [-0.05, 0) is 18.4 Å². The summed E-state index contributed by atoms with van der Waals surface area (Å²) in [5, 5.41) is 9.09. The van der Waals surface area contributed by atoms with Crippen LogP contribution in [0.15, 0.2) is 18.2 Å². The Morgan fingerprint density at radius 3 is 2.70 bits per heavy atom. The van der Waals surface area contributed by atoms with Crippen molar-refractivity contribution in [3.05, 3.63) is 34.6 Å². The highest BCUT2D eigenvalue weighted by Gasteiger charge is 2.25. The molecule has 0 saturated carbocycles. The summed E-state index contributed by atoms with van der Waals surface area (Å²) < 4.78 is 19.9. The number of benzene rings is 1. The van der Waals surface area contributed by atoms with Crippen molar-refractivity contribution >= 4 is 11.6 Å². The summed E-state index contributed by atoms with van der Waals surface area (Å²) in [5.74, 6) is -0.179. The van der Waals surface area contributed by atoms with Crippen LogP contribution >= 0.6 is 11.6 Å². The van der Waals surface area contributed by atoms with Crippen molar-refractivity contribution in [2.24, 2.45) is 5.92 Å². The molecule has 1 aromatic carbocycles. The van der Waals surface area contributed by atoms with E-state index in [4.69, 9.17) is 21.4 Å². The maximum Gasteiger partial charge on any atom is 0.147 e. The van der Waals surface area contributed by atoms with Crippen LogP contribution in [0.5, 0.6) is 0 Å². The summed E-state index contributed by atoms with van der Waals surface area (Å²) in [6, 6.07) is 5.00. The van der Waals surface area contributed by atoms with Crippen LogP contribution < -0.4 is 0 Å². The highest BCUT2D eigenvalue weighted by Crippen LogP contribution is 2.35. The third kappa shape index (κ3) is 4.72. The van der Waals surface area contributed by atoms with E-state index in [0.717, 1.165) is 25.7 Å². The van der Waals surface area contributed by atoms with Crippen LogP contribution in [-0.2, 0) is 4.74 Å². The van der Waals surface area contributed by atoms with Gasteiger partial charge < -0.3 is 9.84 Å². The molecule has 0 heterocycles. The molecule has 20 heavy (non-hydrogen) atoms. The minimum atomic E-state index is -0.410. The zero-order valence-corrected chi connectivity index (χ0v) is 13.0. The van der Waals surface area contributed by atoms with Crippen molar-refractivity contribution in [3.63, 3.8) is 0 Å². The summed E-state index contributed by atoms with van der Waals surface area (Å²) in [5.41, 5.74) is 0.494. The minimum absolute atomic E-state index is 0.0666. The van der Waals surface area contributed by atoms with Crippen molar-refractivity contribution in [3.8, 4) is 0 Å². The lowest BCUT2D eigenvalue weighted by molar-refractivity contribution is -0.0131. The van der Waals surface area contributed by atoms with E-state index < -0.39 is 5.82 Å². The first-order valence-corrected chi connectivity index (χ1v) is 7.69. The van der Waals surface area contributed by atoms with E-state index in [1.807, 2.05) is 0 Å². The predicted molar refractivity (Wildman–Crippen MR) is 80.5 cm³/mol. The van der Waals surface area contributed by atoms with Crippen LogP contribution in [0.1, 0.15) is 51.2 Å². The highest BCUT2D eigenvalue weighted by atomic mass is 35.5. The van der Waals surface area contributed by atoms with Crippen LogP contribution in [0.3, 0.4) is 0 Å². The van der Waals surface area contributed by atoms with Crippen LogP contribution in [0, 0.1) is 11.7 Å². The van der Waals surface area contributed by atoms with Gasteiger partial charge in [-0.15, -0.1) is 0 Å². The molecule has 1 aromatic rings. The number of aliphatic hydroxyl groups excluding tert-OH is 1. The van der Waals surface area contributed by atoms with Gasteiger partial charge in [0.05, 0.1) is 24.3 Å². The van der Waals surface area contributed by atoms with Gasteiger partial charge in [0.15, 0.2) is 0 Å². The number of halogens is 2. The molecule has 0 aliphatic rings. The minimum Gasteiger partial charge on any atom is -0.394 e. The lowest BCUT2D eigenvalue weighted by atomic mass is 9.88. The molecule has 0 spiro atoms. The Bertz CT molecular complexity index is 398. The summed E-state index contributed by atoms with van der Waals surface area (Å²) >= 11 is 5.86. The molecule has 0 aromatic heterocycles. The van der Waals surface area contributed by atoms with Crippen LogP contribution in [0.25, 0.3) is 0 Å². The molecule has 0 aliphatic heterocycles. The molecule has 0 fully saturated rings. The smallest absolute Gasteiger partial charge is 0.147 e. The quantitative estimate of drug-likeness (QED) is 0.713. The monoisotopic (exact) mass is 302 g/mol. The standard InChI is InChI=1S/C16H24ClFO2/c1-3-5-7-12(4-2)16(20-11-10-19)13-8-6-9-14(17)15(13)18/h6,8-9,12,16,19H,3-5,7,10-11H2,1-2H3/t12-,16?/m0/s1. The fourth-order valence-corrected chi connectivity index (χ4v) is 2.62. The van der Waals surface area contributed by atoms with Gasteiger partial charge in [0.25, 0.3) is 0 Å². The summed E-state index contributed by atoms with van der Waals surface area (Å²) in [4.78, 5) is 0. The Morgan fingerprint density at radius 1 is 1.35 bits per heavy atom. The summed E-state index contributed by atoms with van der Waals surface area (Å²) in [7, 11) is 0. The van der Waals surface area contributed by atoms with Gasteiger partial charge in [-0.1, -0.05) is 56.8 Å². The normalized spacial score (nSPS) is 14.2. The van der Waals surface area contributed by atoms with Crippen LogP contribution in [0.2, 0.25) is 5.02 Å². The first-order chi connectivity index (χ1) is 9.65. The lowest BCUT2D eigenvalue weighted by Crippen LogP contribution is -2.19. The van der Waals surface area contributed by atoms with E-state index in [9.17, 15) is 4.39 Å². The Hall–Kier alpha value is -0.640. The fraction of sp³-hybridized carbons (Fsp3) is 0.625. The molecule has 2 nitrogen and oxygen atoms in total. The van der Waals surface area contributed by atoms with E-state index in [2.05, 4.69) is 13.8 Å². The number of ether oxygens (including phenoxy) is 1. The Balaban J connectivity index is 2.99. The average Bonchev–Trinajstić information content (AvgIpc) is 2.46. The molecule has 0 aliphatic carbocycles. The van der Waals surface area contributed by atoms with E-state index >= 15 is 0 Å². The molecular formula is C16H24ClFO2. The maximum atomic E-state index is 14.2. The lowest BCUT2D eigenvalue weighted by Gasteiger charge is -2.27. The van der Waals surface area contributed by atoms with Gasteiger partial charge >= 0.3 is 0 Å². The van der Waals surface area contributed by atoms with Crippen molar-refractivity contribution in [1.82, 2.24) is 0 Å². The Kier molecular flexibility index (Phi) is 8.12. The average molecular weight is 303 g/mol. The Labute approximate surface area is 125 Å². The third-order valence-corrected chi connectivity index (χ3v) is 3.85. The van der Waals surface area contributed by atoms with Crippen LogP contribution in [-0.4, -0.2) is 18.3 Å². The van der Waals surface area contributed by atoms with Gasteiger partial charge in [-0.2, -0.15) is 0 Å². The zero-order chi connectivity index (χ0) is 15.0. The Morgan fingerprint density at radius 2 is 2.10 bits per heavy atom. The molecule has 1 unspecified atom stereocenters. The van der Waals surface area contributed by atoms with E-state index in [1.165, 1.54) is 6.07 Å². The number of rotatable bonds is 9. The van der Waals surface area contributed by atoms with Crippen molar-refractivity contribution in [1.29, 1.82) is 0 Å². The predicted octanol–water partition coefficient (Wildman–Crippen LogP) is 4.75. The summed E-state index contributed by atoms with van der Waals surface area (Å²) in [6.45, 7) is 4.36. The highest BCUT2D eigenvalue weighted by molar-refractivity contribution is 6.30. The number of hydrogen-bond donors (Lipinski definition) is 1. The SMILES string of the molecule is CCCC[C@H](CC)C(OCCO)c1cccc(Cl)c1F. The zero-order valence-electron chi connectivity index (χ0n) is 12.2. The molecular weight excluding hydrogens is 279 g/mol. The number of unbranched alkanes of at least 4 members (excludes halogenated alkanes) is 1.